The molecule has 1 aromatic heterocycles. The maximum atomic E-state index is 4.76. The molecule has 0 aliphatic heterocycles. The average molecular weight is 216 g/mol. The van der Waals surface area contributed by atoms with Crippen LogP contribution in [-0.2, 0) is 6.54 Å². The maximum Gasteiger partial charge on any atom is 0.112 e. The highest BCUT2D eigenvalue weighted by Crippen LogP contribution is 2.24. The van der Waals surface area contributed by atoms with Gasteiger partial charge < -0.3 is 4.57 Å². The minimum absolute atomic E-state index is 0.541. The Balaban J connectivity index is 2.58. The molecule has 0 amide bonds. The van der Waals surface area contributed by atoms with Crippen molar-refractivity contribution in [3.63, 3.8) is 0 Å². The van der Waals surface area contributed by atoms with Crippen LogP contribution in [0.3, 0.4) is 0 Å². The predicted octanol–water partition coefficient (Wildman–Crippen LogP) is 3.96. The lowest BCUT2D eigenvalue weighted by Gasteiger charge is -2.12. The van der Waals surface area contributed by atoms with E-state index in [4.69, 9.17) is 4.98 Å². The number of fused-ring (bicyclic) bond motifs is 1. The van der Waals surface area contributed by atoms with Crippen molar-refractivity contribution in [3.8, 4) is 0 Å². The molecule has 1 atom stereocenters. The second-order valence-electron chi connectivity index (χ2n) is 4.42. The SMILES string of the molecule is CCCn1c(C(C)CC)nc2ccccc21. The van der Waals surface area contributed by atoms with E-state index in [0.717, 1.165) is 24.9 Å². The van der Waals surface area contributed by atoms with Gasteiger partial charge in [0.05, 0.1) is 11.0 Å². The van der Waals surface area contributed by atoms with E-state index in [1.807, 2.05) is 0 Å². The third kappa shape index (κ3) is 1.84. The van der Waals surface area contributed by atoms with Gasteiger partial charge in [0.15, 0.2) is 0 Å². The molecule has 0 aliphatic rings. The summed E-state index contributed by atoms with van der Waals surface area (Å²) in [6.07, 6.45) is 2.30. The van der Waals surface area contributed by atoms with Gasteiger partial charge in [-0.3, -0.25) is 0 Å². The number of rotatable bonds is 4. The molecule has 0 saturated heterocycles. The van der Waals surface area contributed by atoms with Crippen LogP contribution in [0.1, 0.15) is 45.4 Å². The Bertz CT molecular complexity index is 471. The summed E-state index contributed by atoms with van der Waals surface area (Å²) in [7, 11) is 0. The van der Waals surface area contributed by atoms with E-state index in [1.54, 1.807) is 0 Å². The highest BCUT2D eigenvalue weighted by molar-refractivity contribution is 5.76. The number of aromatic nitrogens is 2. The van der Waals surface area contributed by atoms with Crippen molar-refractivity contribution >= 4 is 11.0 Å². The van der Waals surface area contributed by atoms with Gasteiger partial charge in [-0.1, -0.05) is 32.9 Å². The molecule has 0 N–H and O–H groups in total. The van der Waals surface area contributed by atoms with Gasteiger partial charge in [-0.15, -0.1) is 0 Å². The van der Waals surface area contributed by atoms with Crippen LogP contribution in [0.15, 0.2) is 24.3 Å². The molecule has 86 valence electrons. The maximum absolute atomic E-state index is 4.76. The third-order valence-corrected chi connectivity index (χ3v) is 3.18. The lowest BCUT2D eigenvalue weighted by atomic mass is 10.1. The fourth-order valence-corrected chi connectivity index (χ4v) is 2.11. The van der Waals surface area contributed by atoms with E-state index in [9.17, 15) is 0 Å². The Hall–Kier alpha value is -1.31. The monoisotopic (exact) mass is 216 g/mol. The Morgan fingerprint density at radius 3 is 2.69 bits per heavy atom. The Morgan fingerprint density at radius 1 is 1.25 bits per heavy atom. The van der Waals surface area contributed by atoms with Gasteiger partial charge in [0, 0.05) is 12.5 Å². The van der Waals surface area contributed by atoms with Crippen LogP contribution in [0.25, 0.3) is 11.0 Å². The fraction of sp³-hybridized carbons (Fsp3) is 0.500. The standard InChI is InChI=1S/C14H20N2/c1-4-10-16-13-9-7-6-8-12(13)15-14(16)11(3)5-2/h6-9,11H,4-5,10H2,1-3H3. The first-order valence-electron chi connectivity index (χ1n) is 6.23. The van der Waals surface area contributed by atoms with Crippen LogP contribution in [0.4, 0.5) is 0 Å². The molecule has 1 heterocycles. The third-order valence-electron chi connectivity index (χ3n) is 3.18. The molecule has 2 rings (SSSR count). The number of hydrogen-bond donors (Lipinski definition) is 0. The number of hydrogen-bond acceptors (Lipinski definition) is 1. The number of benzene rings is 1. The molecule has 0 saturated carbocycles. The zero-order valence-electron chi connectivity index (χ0n) is 10.4. The smallest absolute Gasteiger partial charge is 0.112 e. The number of para-hydroxylation sites is 2. The molecule has 16 heavy (non-hydrogen) atoms. The van der Waals surface area contributed by atoms with Crippen LogP contribution in [0.5, 0.6) is 0 Å². The lowest BCUT2D eigenvalue weighted by Crippen LogP contribution is -2.06. The van der Waals surface area contributed by atoms with Crippen molar-refractivity contribution in [2.24, 2.45) is 0 Å². The van der Waals surface area contributed by atoms with Crippen molar-refractivity contribution in [2.45, 2.75) is 46.1 Å². The molecule has 0 fully saturated rings. The van der Waals surface area contributed by atoms with Crippen LogP contribution in [0.2, 0.25) is 0 Å². The van der Waals surface area contributed by atoms with Crippen molar-refractivity contribution < 1.29 is 0 Å². The molecule has 2 heteroatoms. The molecule has 0 spiro atoms. The van der Waals surface area contributed by atoms with Crippen molar-refractivity contribution in [2.75, 3.05) is 0 Å². The van der Waals surface area contributed by atoms with Gasteiger partial charge in [0.1, 0.15) is 5.82 Å². The summed E-state index contributed by atoms with van der Waals surface area (Å²) >= 11 is 0. The zero-order valence-corrected chi connectivity index (χ0v) is 10.4. The number of nitrogens with zero attached hydrogens (tertiary/aromatic N) is 2. The summed E-state index contributed by atoms with van der Waals surface area (Å²) in [6.45, 7) is 7.77. The van der Waals surface area contributed by atoms with Gasteiger partial charge >= 0.3 is 0 Å². The lowest BCUT2D eigenvalue weighted by molar-refractivity contribution is 0.591. The van der Waals surface area contributed by atoms with Crippen LogP contribution in [-0.4, -0.2) is 9.55 Å². The Morgan fingerprint density at radius 2 is 2.00 bits per heavy atom. The van der Waals surface area contributed by atoms with E-state index < -0.39 is 0 Å². The fourth-order valence-electron chi connectivity index (χ4n) is 2.11. The molecule has 1 aromatic carbocycles. The summed E-state index contributed by atoms with van der Waals surface area (Å²) in [4.78, 5) is 4.76. The molecule has 0 bridgehead atoms. The van der Waals surface area contributed by atoms with Gasteiger partial charge in [-0.05, 0) is 25.0 Å². The number of imidazole rings is 1. The van der Waals surface area contributed by atoms with E-state index >= 15 is 0 Å². The second kappa shape index (κ2) is 4.69. The molecule has 0 radical (unpaired) electrons. The first kappa shape index (κ1) is 11.2. The molecule has 0 aliphatic carbocycles. The van der Waals surface area contributed by atoms with E-state index in [-0.39, 0.29) is 0 Å². The summed E-state index contributed by atoms with van der Waals surface area (Å²) in [6, 6.07) is 8.43. The Kier molecular flexibility index (Phi) is 3.28. The van der Waals surface area contributed by atoms with Crippen molar-refractivity contribution in [3.05, 3.63) is 30.1 Å². The quantitative estimate of drug-likeness (QED) is 0.756. The van der Waals surface area contributed by atoms with Crippen LogP contribution < -0.4 is 0 Å². The zero-order chi connectivity index (χ0) is 11.5. The van der Waals surface area contributed by atoms with Gasteiger partial charge in [-0.25, -0.2) is 4.98 Å². The molecule has 2 aromatic rings. The normalized spacial score (nSPS) is 13.2. The number of aryl methyl sites for hydroxylation is 1. The molecule has 2 nitrogen and oxygen atoms in total. The average Bonchev–Trinajstić information content (AvgIpc) is 2.68. The van der Waals surface area contributed by atoms with E-state index in [0.29, 0.717) is 5.92 Å². The van der Waals surface area contributed by atoms with Gasteiger partial charge in [0.25, 0.3) is 0 Å². The topological polar surface area (TPSA) is 17.8 Å². The Labute approximate surface area is 97.3 Å². The summed E-state index contributed by atoms with van der Waals surface area (Å²) in [5, 5.41) is 0. The van der Waals surface area contributed by atoms with Crippen molar-refractivity contribution in [1.29, 1.82) is 0 Å². The van der Waals surface area contributed by atoms with Crippen molar-refractivity contribution in [1.82, 2.24) is 9.55 Å². The van der Waals surface area contributed by atoms with E-state index in [2.05, 4.69) is 49.6 Å². The molecule has 1 unspecified atom stereocenters. The molecular formula is C14H20N2. The summed E-state index contributed by atoms with van der Waals surface area (Å²) < 4.78 is 2.38. The highest BCUT2D eigenvalue weighted by atomic mass is 15.1. The van der Waals surface area contributed by atoms with E-state index in [1.165, 1.54) is 11.3 Å². The largest absolute Gasteiger partial charge is 0.328 e. The summed E-state index contributed by atoms with van der Waals surface area (Å²) in [5.74, 6) is 1.78. The minimum Gasteiger partial charge on any atom is -0.328 e. The minimum atomic E-state index is 0.541. The summed E-state index contributed by atoms with van der Waals surface area (Å²) in [5.41, 5.74) is 2.41. The van der Waals surface area contributed by atoms with Gasteiger partial charge in [-0.2, -0.15) is 0 Å². The first-order chi connectivity index (χ1) is 7.77. The highest BCUT2D eigenvalue weighted by Gasteiger charge is 2.14. The van der Waals surface area contributed by atoms with Gasteiger partial charge in [0.2, 0.25) is 0 Å². The first-order valence-corrected chi connectivity index (χ1v) is 6.23. The molecular weight excluding hydrogens is 196 g/mol. The van der Waals surface area contributed by atoms with Crippen LogP contribution in [0, 0.1) is 0 Å². The predicted molar refractivity (Wildman–Crippen MR) is 68.7 cm³/mol. The van der Waals surface area contributed by atoms with Crippen LogP contribution >= 0.6 is 0 Å². The second-order valence-corrected chi connectivity index (χ2v) is 4.42.